The molecule has 9 nitrogen and oxygen atoms in total. The van der Waals surface area contributed by atoms with E-state index < -0.39 is 22.0 Å². The van der Waals surface area contributed by atoms with Gasteiger partial charge in [-0.1, -0.05) is 0 Å². The van der Waals surface area contributed by atoms with Crippen molar-refractivity contribution in [3.63, 3.8) is 0 Å². The third-order valence-electron chi connectivity index (χ3n) is 3.71. The number of amides is 1. The van der Waals surface area contributed by atoms with Crippen molar-refractivity contribution in [2.24, 2.45) is 0 Å². The van der Waals surface area contributed by atoms with Gasteiger partial charge in [-0.25, -0.2) is 4.79 Å². The quantitative estimate of drug-likeness (QED) is 0.468. The Morgan fingerprint density at radius 3 is 2.60 bits per heavy atom. The molecule has 1 aliphatic rings. The van der Waals surface area contributed by atoms with Crippen LogP contribution < -0.4 is 5.32 Å². The topological polar surface area (TPSA) is 133 Å². The summed E-state index contributed by atoms with van der Waals surface area (Å²) in [6.07, 6.45) is 0. The van der Waals surface area contributed by atoms with Crippen LogP contribution in [0.25, 0.3) is 0 Å². The summed E-state index contributed by atoms with van der Waals surface area (Å²) in [6.45, 7) is 1.39. The van der Waals surface area contributed by atoms with Crippen molar-refractivity contribution in [2.45, 2.75) is 11.8 Å². The summed E-state index contributed by atoms with van der Waals surface area (Å²) in [5.74, 6) is -1.16. The molecule has 3 N–H and O–H groups in total. The average molecular weight is 370 g/mol. The Morgan fingerprint density at radius 1 is 1.40 bits per heavy atom. The van der Waals surface area contributed by atoms with Gasteiger partial charge in [0.2, 0.25) is 0 Å². The Hall–Kier alpha value is -2.43. The second-order valence-electron chi connectivity index (χ2n) is 5.37. The van der Waals surface area contributed by atoms with Gasteiger partial charge < -0.3 is 20.1 Å². The molecule has 0 aromatic heterocycles. The average Bonchev–Trinajstić information content (AvgIpc) is 2.85. The fourth-order valence-electron chi connectivity index (χ4n) is 2.42. The van der Waals surface area contributed by atoms with Crippen molar-refractivity contribution in [2.75, 3.05) is 32.1 Å². The molecule has 1 aromatic rings. The van der Waals surface area contributed by atoms with Crippen molar-refractivity contribution < 1.29 is 32.4 Å². The number of ether oxygens (including phenoxy) is 1. The number of β-amino-alcohol motifs (C(OH)–C–C–N with tert-alkyl or cyclic N) is 1. The normalized spacial score (nSPS) is 14.9. The second kappa shape index (κ2) is 7.21. The van der Waals surface area contributed by atoms with Gasteiger partial charge in [-0.15, -0.1) is 0 Å². The number of aliphatic hydroxyl groups is 1. The molecule has 136 valence electrons. The van der Waals surface area contributed by atoms with Crippen LogP contribution in [0.4, 0.5) is 5.69 Å². The molecule has 2 rings (SSSR count). The van der Waals surface area contributed by atoms with Crippen molar-refractivity contribution >= 4 is 27.7 Å². The number of nitrogens with one attached hydrogen (secondary N) is 1. The van der Waals surface area contributed by atoms with E-state index in [2.05, 4.69) is 10.1 Å². The number of nitrogens with zero attached hydrogens (tertiary/aromatic N) is 1. The fourth-order valence-corrected chi connectivity index (χ4v) is 2.99. The largest absolute Gasteiger partial charge is 0.466 e. The van der Waals surface area contributed by atoms with Crippen molar-refractivity contribution in [1.29, 1.82) is 0 Å². The van der Waals surface area contributed by atoms with E-state index in [0.29, 0.717) is 11.3 Å². The molecule has 25 heavy (non-hydrogen) atoms. The number of carbonyl (C=O) groups excluding carboxylic acids is 2. The number of hydrogen-bond donors (Lipinski definition) is 3. The first-order chi connectivity index (χ1) is 11.7. The van der Waals surface area contributed by atoms with Gasteiger partial charge >= 0.3 is 5.97 Å². The number of aryl methyl sites for hydroxylation is 1. The zero-order valence-corrected chi connectivity index (χ0v) is 14.5. The molecule has 0 radical (unpaired) electrons. The first kappa shape index (κ1) is 18.9. The predicted molar refractivity (Wildman–Crippen MR) is 87.3 cm³/mol. The van der Waals surface area contributed by atoms with Gasteiger partial charge in [0.1, 0.15) is 5.70 Å². The van der Waals surface area contributed by atoms with E-state index in [1.807, 2.05) is 0 Å². The molecule has 0 saturated heterocycles. The summed E-state index contributed by atoms with van der Waals surface area (Å²) < 4.78 is 36.1. The second-order valence-corrected chi connectivity index (χ2v) is 6.79. The molecule has 0 bridgehead atoms. The lowest BCUT2D eigenvalue weighted by Gasteiger charge is -2.15. The minimum atomic E-state index is -4.34. The van der Waals surface area contributed by atoms with Crippen LogP contribution in [0.5, 0.6) is 0 Å². The van der Waals surface area contributed by atoms with Crippen molar-refractivity contribution in [3.05, 3.63) is 35.0 Å². The van der Waals surface area contributed by atoms with Crippen LogP contribution in [0.15, 0.2) is 34.4 Å². The number of anilines is 1. The van der Waals surface area contributed by atoms with E-state index in [4.69, 9.17) is 9.66 Å². The Morgan fingerprint density at radius 2 is 2.08 bits per heavy atom. The number of benzene rings is 1. The molecule has 0 atom stereocenters. The zero-order chi connectivity index (χ0) is 18.8. The van der Waals surface area contributed by atoms with E-state index in [-0.39, 0.29) is 35.9 Å². The Labute approximate surface area is 144 Å². The molecule has 1 aliphatic heterocycles. The predicted octanol–water partition coefficient (Wildman–Crippen LogP) is -0.0848. The molecular weight excluding hydrogens is 352 g/mol. The molecule has 1 aromatic carbocycles. The Kier molecular flexibility index (Phi) is 5.45. The minimum absolute atomic E-state index is 0.00278. The van der Waals surface area contributed by atoms with Gasteiger partial charge in [-0.2, -0.15) is 8.42 Å². The molecular formula is C15H18N2O7S. The van der Waals surface area contributed by atoms with Gasteiger partial charge in [-0.3, -0.25) is 9.35 Å². The lowest BCUT2D eigenvalue weighted by molar-refractivity contribution is -0.136. The van der Waals surface area contributed by atoms with Crippen LogP contribution in [-0.2, 0) is 24.4 Å². The van der Waals surface area contributed by atoms with Gasteiger partial charge in [-0.05, 0) is 30.7 Å². The molecule has 1 amide bonds. The van der Waals surface area contributed by atoms with Crippen LogP contribution >= 0.6 is 0 Å². The first-order valence-corrected chi connectivity index (χ1v) is 8.69. The monoisotopic (exact) mass is 370 g/mol. The molecule has 0 fully saturated rings. The van der Waals surface area contributed by atoms with Crippen LogP contribution in [-0.4, -0.2) is 61.7 Å². The standard InChI is InChI=1S/C15H18N2O7S/c1-9-7-10(25(21,22)23)3-4-12(9)16-13-11(15(20)24-2)8-17(5-6-18)14(13)19/h3-4,7,16,18H,5-6,8H2,1-2H3,(H,21,22,23). The summed E-state index contributed by atoms with van der Waals surface area (Å²) in [5.41, 5.74) is 0.950. The number of carbonyl (C=O) groups is 2. The molecule has 0 saturated carbocycles. The van der Waals surface area contributed by atoms with Crippen molar-refractivity contribution in [1.82, 2.24) is 4.90 Å². The summed E-state index contributed by atoms with van der Waals surface area (Å²) >= 11 is 0. The molecule has 1 heterocycles. The summed E-state index contributed by atoms with van der Waals surface area (Å²) in [7, 11) is -3.15. The first-order valence-electron chi connectivity index (χ1n) is 7.25. The zero-order valence-electron chi connectivity index (χ0n) is 13.6. The molecule has 0 aliphatic carbocycles. The maximum atomic E-state index is 12.4. The molecule has 0 spiro atoms. The van der Waals surface area contributed by atoms with E-state index >= 15 is 0 Å². The third kappa shape index (κ3) is 3.98. The van der Waals surface area contributed by atoms with Crippen LogP contribution in [0.2, 0.25) is 0 Å². The van der Waals surface area contributed by atoms with Gasteiger partial charge in [0.15, 0.2) is 0 Å². The summed E-state index contributed by atoms with van der Waals surface area (Å²) in [4.78, 5) is 25.3. The summed E-state index contributed by atoms with van der Waals surface area (Å²) in [5, 5.41) is 11.8. The number of aliphatic hydroxyl groups excluding tert-OH is 1. The Bertz CT molecular complexity index is 845. The highest BCUT2D eigenvalue weighted by molar-refractivity contribution is 7.85. The van der Waals surface area contributed by atoms with E-state index in [9.17, 15) is 18.0 Å². The van der Waals surface area contributed by atoms with E-state index in [1.54, 1.807) is 6.92 Å². The number of rotatable bonds is 6. The third-order valence-corrected chi connectivity index (χ3v) is 4.56. The number of methoxy groups -OCH3 is 1. The minimum Gasteiger partial charge on any atom is -0.466 e. The van der Waals surface area contributed by atoms with Crippen LogP contribution in [0.3, 0.4) is 0 Å². The Balaban J connectivity index is 2.38. The van der Waals surface area contributed by atoms with E-state index in [0.717, 1.165) is 0 Å². The summed E-state index contributed by atoms with van der Waals surface area (Å²) in [6, 6.07) is 3.79. The van der Waals surface area contributed by atoms with Crippen LogP contribution in [0.1, 0.15) is 5.56 Å². The highest BCUT2D eigenvalue weighted by atomic mass is 32.2. The van der Waals surface area contributed by atoms with Gasteiger partial charge in [0.25, 0.3) is 16.0 Å². The lowest BCUT2D eigenvalue weighted by atomic mass is 10.1. The van der Waals surface area contributed by atoms with Crippen LogP contribution in [0, 0.1) is 6.92 Å². The number of hydrogen-bond acceptors (Lipinski definition) is 7. The highest BCUT2D eigenvalue weighted by Crippen LogP contribution is 2.26. The fraction of sp³-hybridized carbons (Fsp3) is 0.333. The molecule has 10 heteroatoms. The van der Waals surface area contributed by atoms with Crippen molar-refractivity contribution in [3.8, 4) is 0 Å². The van der Waals surface area contributed by atoms with Gasteiger partial charge in [0, 0.05) is 12.2 Å². The number of esters is 1. The SMILES string of the molecule is COC(=O)C1=C(Nc2ccc(S(=O)(=O)O)cc2C)C(=O)N(CCO)C1. The maximum Gasteiger partial charge on any atom is 0.337 e. The van der Waals surface area contributed by atoms with E-state index in [1.165, 1.54) is 30.2 Å². The smallest absolute Gasteiger partial charge is 0.337 e. The lowest BCUT2D eigenvalue weighted by Crippen LogP contribution is -2.31. The molecule has 0 unspecified atom stereocenters. The van der Waals surface area contributed by atoms with Gasteiger partial charge in [0.05, 0.1) is 30.7 Å². The highest BCUT2D eigenvalue weighted by Gasteiger charge is 2.34. The maximum absolute atomic E-state index is 12.4.